The van der Waals surface area contributed by atoms with Crippen molar-refractivity contribution >= 4 is 58.5 Å². The van der Waals surface area contributed by atoms with Crippen LogP contribution in [0.4, 0.5) is 11.4 Å². The minimum absolute atomic E-state index is 0.0120. The summed E-state index contributed by atoms with van der Waals surface area (Å²) in [6, 6.07) is 24.9. The van der Waals surface area contributed by atoms with Crippen LogP contribution < -0.4 is 25.0 Å². The predicted octanol–water partition coefficient (Wildman–Crippen LogP) is 6.16. The van der Waals surface area contributed by atoms with Crippen molar-refractivity contribution in [2.75, 3.05) is 24.7 Å². The monoisotopic (exact) mass is 825 g/mol. The van der Waals surface area contributed by atoms with Crippen LogP contribution in [0.5, 0.6) is 11.5 Å². The van der Waals surface area contributed by atoms with Crippen molar-refractivity contribution in [3.05, 3.63) is 141 Å². The Kier molecular flexibility index (Phi) is 13.1. The van der Waals surface area contributed by atoms with Crippen LogP contribution in [-0.4, -0.2) is 71.1 Å². The lowest BCUT2D eigenvalue weighted by Crippen LogP contribution is -2.54. The Morgan fingerprint density at radius 1 is 0.820 bits per heavy atom. The molecule has 6 amide bonds. The van der Waals surface area contributed by atoms with Crippen molar-refractivity contribution in [3.8, 4) is 11.5 Å². The molecule has 4 aromatic carbocycles. The van der Waals surface area contributed by atoms with Gasteiger partial charge in [-0.1, -0.05) is 61.4 Å². The van der Waals surface area contributed by atoms with Crippen LogP contribution in [0.3, 0.4) is 0 Å². The van der Waals surface area contributed by atoms with Gasteiger partial charge in [0.05, 0.1) is 41.4 Å². The molecular formula is C46H43N5O10. The van der Waals surface area contributed by atoms with Gasteiger partial charge < -0.3 is 19.7 Å². The van der Waals surface area contributed by atoms with E-state index in [1.807, 2.05) is 48.5 Å². The topological polar surface area (TPSA) is 195 Å². The minimum atomic E-state index is -1.05. The molecule has 0 bridgehead atoms. The average molecular weight is 826 g/mol. The van der Waals surface area contributed by atoms with Gasteiger partial charge in [-0.3, -0.25) is 49.1 Å². The standard InChI is InChI=1S/C46H43N5O10/c52-40(15-3-1-2-6-27-61-39-14-8-12-36-42(39)46(57)50(45(36)56)38-24-25-41(53)48-43(38)54)47-26-28-60-33-22-18-31(19-23-33)29-49-37-13-5-4-10-34(37)35(44(49)55)11-7-9-30-16-20-32(21-17-30)51(58)59/h4-5,7-14,16-23,38H,1-3,6,15,24-29H2,(H,47,52)(H,48,53,54)/b9-7+,35-11+. The average Bonchev–Trinajstić information content (AvgIpc) is 3.67. The summed E-state index contributed by atoms with van der Waals surface area (Å²) in [6.07, 6.45) is 8.73. The second-order valence-electron chi connectivity index (χ2n) is 14.7. The van der Waals surface area contributed by atoms with Crippen LogP contribution in [0, 0.1) is 10.1 Å². The van der Waals surface area contributed by atoms with Crippen LogP contribution in [-0.2, 0) is 25.7 Å². The van der Waals surface area contributed by atoms with E-state index in [0.717, 1.165) is 40.1 Å². The highest BCUT2D eigenvalue weighted by molar-refractivity contribution is 6.32. The van der Waals surface area contributed by atoms with E-state index in [0.29, 0.717) is 50.3 Å². The van der Waals surface area contributed by atoms with E-state index in [9.17, 15) is 38.9 Å². The largest absolute Gasteiger partial charge is 0.493 e. The number of non-ortho nitro benzene ring substituents is 1. The highest BCUT2D eigenvalue weighted by Crippen LogP contribution is 2.38. The van der Waals surface area contributed by atoms with Gasteiger partial charge in [0.25, 0.3) is 23.4 Å². The van der Waals surface area contributed by atoms with E-state index in [1.54, 1.807) is 47.4 Å². The van der Waals surface area contributed by atoms with Gasteiger partial charge in [-0.15, -0.1) is 0 Å². The molecule has 312 valence electrons. The summed E-state index contributed by atoms with van der Waals surface area (Å²) in [5, 5.41) is 16.0. The molecule has 15 nitrogen and oxygen atoms in total. The van der Waals surface area contributed by atoms with Gasteiger partial charge >= 0.3 is 0 Å². The maximum atomic E-state index is 13.6. The molecule has 1 unspecified atom stereocenters. The maximum absolute atomic E-state index is 13.6. The Hall–Kier alpha value is -7.42. The smallest absolute Gasteiger partial charge is 0.269 e. The van der Waals surface area contributed by atoms with E-state index in [2.05, 4.69) is 10.6 Å². The first-order valence-corrected chi connectivity index (χ1v) is 20.1. The molecule has 0 aliphatic carbocycles. The van der Waals surface area contributed by atoms with E-state index < -0.39 is 34.6 Å². The van der Waals surface area contributed by atoms with Crippen molar-refractivity contribution in [1.82, 2.24) is 15.5 Å². The molecule has 7 rings (SSSR count). The molecule has 0 aromatic heterocycles. The molecule has 1 saturated heterocycles. The van der Waals surface area contributed by atoms with Crippen LogP contribution in [0.1, 0.15) is 82.4 Å². The number of hydrogen-bond acceptors (Lipinski definition) is 10. The first-order valence-electron chi connectivity index (χ1n) is 20.1. The number of nitro groups is 1. The van der Waals surface area contributed by atoms with Crippen LogP contribution in [0.2, 0.25) is 0 Å². The second kappa shape index (κ2) is 19.1. The molecule has 15 heteroatoms. The molecule has 61 heavy (non-hydrogen) atoms. The summed E-state index contributed by atoms with van der Waals surface area (Å²) >= 11 is 0. The number of nitro benzene ring substituents is 1. The molecule has 0 saturated carbocycles. The molecule has 0 spiro atoms. The van der Waals surface area contributed by atoms with Crippen molar-refractivity contribution < 1.29 is 43.2 Å². The van der Waals surface area contributed by atoms with Crippen LogP contribution in [0.25, 0.3) is 11.6 Å². The van der Waals surface area contributed by atoms with Gasteiger partial charge in [0.2, 0.25) is 17.7 Å². The molecular weight excluding hydrogens is 783 g/mol. The fourth-order valence-corrected chi connectivity index (χ4v) is 7.44. The zero-order valence-electron chi connectivity index (χ0n) is 33.2. The predicted molar refractivity (Wildman–Crippen MR) is 224 cm³/mol. The second-order valence-corrected chi connectivity index (χ2v) is 14.7. The van der Waals surface area contributed by atoms with E-state index in [1.165, 1.54) is 18.2 Å². The lowest BCUT2D eigenvalue weighted by Gasteiger charge is -2.27. The van der Waals surface area contributed by atoms with E-state index in [4.69, 9.17) is 9.47 Å². The number of nitrogens with zero attached hydrogens (tertiary/aromatic N) is 3. The van der Waals surface area contributed by atoms with E-state index in [-0.39, 0.29) is 53.8 Å². The number of rotatable bonds is 18. The SMILES string of the molecule is O=C(CCCCCCOc1cccc2c1C(=O)N(C1CCC(=O)NC1=O)C2=O)NCCOc1ccc(CN2C(=O)/C(=C/C=C/c3ccc([N+](=O)[O-])cc3)c3ccccc32)cc1. The molecule has 3 aliphatic heterocycles. The molecule has 2 N–H and O–H groups in total. The number of unbranched alkanes of at least 4 members (excludes halogenated alkanes) is 3. The lowest BCUT2D eigenvalue weighted by atomic mass is 10.0. The summed E-state index contributed by atoms with van der Waals surface area (Å²) < 4.78 is 11.7. The molecule has 3 heterocycles. The number of carbonyl (C=O) groups excluding carboxylic acids is 6. The summed E-state index contributed by atoms with van der Waals surface area (Å²) in [5.41, 5.74) is 4.16. The van der Waals surface area contributed by atoms with Crippen molar-refractivity contribution in [2.24, 2.45) is 0 Å². The molecule has 0 radical (unpaired) electrons. The number of fused-ring (bicyclic) bond motifs is 2. The highest BCUT2D eigenvalue weighted by Gasteiger charge is 2.46. The van der Waals surface area contributed by atoms with Gasteiger partial charge in [-0.25, -0.2) is 0 Å². The third kappa shape index (κ3) is 9.73. The van der Waals surface area contributed by atoms with Crippen LogP contribution in [0.15, 0.2) is 103 Å². The number of amides is 6. The van der Waals surface area contributed by atoms with Crippen molar-refractivity contribution in [3.63, 3.8) is 0 Å². The molecule has 3 aliphatic rings. The quantitative estimate of drug-likeness (QED) is 0.0386. The molecule has 1 atom stereocenters. The number of hydrogen-bond donors (Lipinski definition) is 2. The number of nitrogens with one attached hydrogen (secondary N) is 2. The number of allylic oxidation sites excluding steroid dienone is 2. The first kappa shape index (κ1) is 41.7. The fourth-order valence-electron chi connectivity index (χ4n) is 7.44. The summed E-state index contributed by atoms with van der Waals surface area (Å²) in [7, 11) is 0. The Morgan fingerprint density at radius 3 is 2.34 bits per heavy atom. The number of ether oxygens (including phenoxy) is 2. The van der Waals surface area contributed by atoms with Gasteiger partial charge in [-0.2, -0.15) is 0 Å². The summed E-state index contributed by atoms with van der Waals surface area (Å²) in [4.78, 5) is 89.3. The van der Waals surface area contributed by atoms with Crippen molar-refractivity contribution in [1.29, 1.82) is 0 Å². The number of piperidine rings is 1. The third-order valence-electron chi connectivity index (χ3n) is 10.6. The number of anilines is 1. The zero-order valence-corrected chi connectivity index (χ0v) is 33.2. The molecule has 4 aromatic rings. The number of imide groups is 2. The van der Waals surface area contributed by atoms with Crippen LogP contribution >= 0.6 is 0 Å². The summed E-state index contributed by atoms with van der Waals surface area (Å²) in [6.45, 7) is 1.28. The number of carbonyl (C=O) groups is 6. The Bertz CT molecular complexity index is 2430. The Morgan fingerprint density at radius 2 is 1.57 bits per heavy atom. The van der Waals surface area contributed by atoms with E-state index >= 15 is 0 Å². The normalized spacial score (nSPS) is 16.6. The first-order chi connectivity index (χ1) is 29.6. The maximum Gasteiger partial charge on any atom is 0.269 e. The number of para-hydroxylation sites is 1. The van der Waals surface area contributed by atoms with Gasteiger partial charge in [0.1, 0.15) is 24.1 Å². The number of benzene rings is 4. The lowest BCUT2D eigenvalue weighted by molar-refractivity contribution is -0.384. The van der Waals surface area contributed by atoms with Gasteiger partial charge in [0, 0.05) is 36.1 Å². The highest BCUT2D eigenvalue weighted by atomic mass is 16.6. The third-order valence-corrected chi connectivity index (χ3v) is 10.6. The van der Waals surface area contributed by atoms with Gasteiger partial charge in [-0.05, 0) is 78.9 Å². The molecule has 1 fully saturated rings. The van der Waals surface area contributed by atoms with Gasteiger partial charge in [0.15, 0.2) is 0 Å². The Balaban J connectivity index is 0.785. The minimum Gasteiger partial charge on any atom is -0.493 e. The summed E-state index contributed by atoms with van der Waals surface area (Å²) in [5.74, 6) is -1.61. The Labute approximate surface area is 351 Å². The van der Waals surface area contributed by atoms with Crippen molar-refractivity contribution in [2.45, 2.75) is 57.5 Å². The zero-order chi connectivity index (χ0) is 42.9. The fraction of sp³-hybridized carbons (Fsp3) is 0.261.